The summed E-state index contributed by atoms with van der Waals surface area (Å²) in [5.41, 5.74) is 0.919. The number of carbonyl (C=O) groups excluding carboxylic acids is 1. The van der Waals surface area contributed by atoms with Gasteiger partial charge in [0.05, 0.1) is 12.6 Å². The highest BCUT2D eigenvalue weighted by molar-refractivity contribution is 5.82. The molecule has 5 heteroatoms. The molecule has 0 saturated carbocycles. The summed E-state index contributed by atoms with van der Waals surface area (Å²) in [7, 11) is 0. The molecule has 1 fully saturated rings. The average molecular weight is 264 g/mol. The zero-order valence-corrected chi connectivity index (χ0v) is 10.9. The average Bonchev–Trinajstić information content (AvgIpc) is 2.97. The molecule has 1 aliphatic rings. The zero-order valence-electron chi connectivity index (χ0n) is 10.9. The molecular weight excluding hydrogens is 244 g/mol. The highest BCUT2D eigenvalue weighted by Gasteiger charge is 2.21. The van der Waals surface area contributed by atoms with E-state index in [4.69, 9.17) is 9.84 Å². The Labute approximate surface area is 113 Å². The molecule has 5 nitrogen and oxygen atoms in total. The number of amides is 1. The van der Waals surface area contributed by atoms with Gasteiger partial charge in [0.15, 0.2) is 0 Å². The molecule has 3 N–H and O–H groups in total. The molecule has 104 valence electrons. The minimum Gasteiger partial charge on any atom is -0.491 e. The first-order valence-corrected chi connectivity index (χ1v) is 6.64. The van der Waals surface area contributed by atoms with Gasteiger partial charge in [-0.2, -0.15) is 0 Å². The van der Waals surface area contributed by atoms with E-state index in [0.717, 1.165) is 24.9 Å². The van der Waals surface area contributed by atoms with Gasteiger partial charge < -0.3 is 20.5 Å². The van der Waals surface area contributed by atoms with E-state index in [-0.39, 0.29) is 25.2 Å². The molecule has 1 aromatic rings. The van der Waals surface area contributed by atoms with Crippen molar-refractivity contribution in [2.75, 3.05) is 19.8 Å². The van der Waals surface area contributed by atoms with E-state index in [1.54, 1.807) is 0 Å². The third kappa shape index (κ3) is 3.94. The first kappa shape index (κ1) is 13.8. The van der Waals surface area contributed by atoms with Crippen LogP contribution in [0.5, 0.6) is 5.75 Å². The Morgan fingerprint density at radius 2 is 2.32 bits per heavy atom. The highest BCUT2D eigenvalue weighted by atomic mass is 16.5. The Hall–Kier alpha value is -1.59. The number of ether oxygens (including phenoxy) is 1. The number of rotatable bonds is 6. The molecular formula is C14H20N2O3. The quantitative estimate of drug-likeness (QED) is 0.696. The van der Waals surface area contributed by atoms with Crippen molar-refractivity contribution < 1.29 is 14.6 Å². The van der Waals surface area contributed by atoms with Crippen LogP contribution in [-0.4, -0.2) is 36.8 Å². The van der Waals surface area contributed by atoms with Gasteiger partial charge in [0.1, 0.15) is 12.4 Å². The number of aliphatic hydroxyl groups excluding tert-OH is 1. The summed E-state index contributed by atoms with van der Waals surface area (Å²) in [6.07, 6.45) is 1.95. The maximum Gasteiger partial charge on any atom is 0.237 e. The molecule has 0 bridgehead atoms. The third-order valence-corrected chi connectivity index (χ3v) is 3.15. The van der Waals surface area contributed by atoms with E-state index >= 15 is 0 Å². The van der Waals surface area contributed by atoms with Gasteiger partial charge in [-0.25, -0.2) is 0 Å². The lowest BCUT2D eigenvalue weighted by atomic mass is 10.2. The second-order valence-electron chi connectivity index (χ2n) is 4.55. The first-order valence-electron chi connectivity index (χ1n) is 6.64. The minimum atomic E-state index is -0.0643. The van der Waals surface area contributed by atoms with Gasteiger partial charge in [0, 0.05) is 12.1 Å². The van der Waals surface area contributed by atoms with Crippen molar-refractivity contribution in [3.8, 4) is 5.75 Å². The van der Waals surface area contributed by atoms with Crippen LogP contribution in [0.3, 0.4) is 0 Å². The smallest absolute Gasteiger partial charge is 0.237 e. The van der Waals surface area contributed by atoms with Crippen LogP contribution in [0.15, 0.2) is 24.3 Å². The molecule has 1 saturated heterocycles. The second kappa shape index (κ2) is 7.11. The van der Waals surface area contributed by atoms with Crippen molar-refractivity contribution in [2.45, 2.75) is 25.4 Å². The number of para-hydroxylation sites is 1. The van der Waals surface area contributed by atoms with E-state index in [1.165, 1.54) is 0 Å². The fourth-order valence-corrected chi connectivity index (χ4v) is 2.16. The number of nitrogens with one attached hydrogen (secondary N) is 2. The summed E-state index contributed by atoms with van der Waals surface area (Å²) in [5.74, 6) is 0.741. The normalized spacial score (nSPS) is 18.3. The van der Waals surface area contributed by atoms with Crippen LogP contribution >= 0.6 is 0 Å². The third-order valence-electron chi connectivity index (χ3n) is 3.15. The summed E-state index contributed by atoms with van der Waals surface area (Å²) >= 11 is 0. The molecule has 1 heterocycles. The molecule has 1 amide bonds. The van der Waals surface area contributed by atoms with E-state index in [9.17, 15) is 4.79 Å². The Bertz CT molecular complexity index is 417. The number of hydrogen-bond donors (Lipinski definition) is 3. The van der Waals surface area contributed by atoms with Gasteiger partial charge in [-0.05, 0) is 25.5 Å². The number of benzene rings is 1. The van der Waals surface area contributed by atoms with Gasteiger partial charge in [-0.1, -0.05) is 18.2 Å². The topological polar surface area (TPSA) is 70.6 Å². The molecule has 0 aliphatic carbocycles. The van der Waals surface area contributed by atoms with Gasteiger partial charge >= 0.3 is 0 Å². The molecule has 19 heavy (non-hydrogen) atoms. The van der Waals surface area contributed by atoms with Gasteiger partial charge in [0.25, 0.3) is 0 Å². The van der Waals surface area contributed by atoms with Crippen molar-refractivity contribution in [3.63, 3.8) is 0 Å². The van der Waals surface area contributed by atoms with Gasteiger partial charge in [-0.3, -0.25) is 4.79 Å². The van der Waals surface area contributed by atoms with Crippen LogP contribution in [0.25, 0.3) is 0 Å². The fourth-order valence-electron chi connectivity index (χ4n) is 2.16. The summed E-state index contributed by atoms with van der Waals surface area (Å²) in [4.78, 5) is 11.9. The molecule has 1 atom stereocenters. The predicted octanol–water partition coefficient (Wildman–Crippen LogP) is 0.426. The van der Waals surface area contributed by atoms with Crippen LogP contribution in [0.1, 0.15) is 18.4 Å². The first-order chi connectivity index (χ1) is 9.31. The van der Waals surface area contributed by atoms with Crippen LogP contribution in [0, 0.1) is 0 Å². The number of aliphatic hydroxyl groups is 1. The van der Waals surface area contributed by atoms with Crippen LogP contribution in [-0.2, 0) is 11.3 Å². The van der Waals surface area contributed by atoms with Crippen molar-refractivity contribution >= 4 is 5.91 Å². The van der Waals surface area contributed by atoms with E-state index in [2.05, 4.69) is 10.6 Å². The maximum atomic E-state index is 11.9. The number of carbonyl (C=O) groups is 1. The van der Waals surface area contributed by atoms with Crippen molar-refractivity contribution in [2.24, 2.45) is 0 Å². The molecule has 0 spiro atoms. The summed E-state index contributed by atoms with van der Waals surface area (Å²) in [6, 6.07) is 7.46. The summed E-state index contributed by atoms with van der Waals surface area (Å²) in [5, 5.41) is 14.9. The van der Waals surface area contributed by atoms with Crippen LogP contribution in [0.2, 0.25) is 0 Å². The van der Waals surface area contributed by atoms with Crippen molar-refractivity contribution in [1.29, 1.82) is 0 Å². The SMILES string of the molecule is O=C(NCc1ccccc1OCCO)C1CCCN1. The van der Waals surface area contributed by atoms with E-state index in [1.807, 2.05) is 24.3 Å². The minimum absolute atomic E-state index is 0.0211. The Morgan fingerprint density at radius 1 is 1.47 bits per heavy atom. The number of hydrogen-bond acceptors (Lipinski definition) is 4. The predicted molar refractivity (Wildman–Crippen MR) is 71.9 cm³/mol. The van der Waals surface area contributed by atoms with Gasteiger partial charge in [-0.15, -0.1) is 0 Å². The Kier molecular flexibility index (Phi) is 5.18. The summed E-state index contributed by atoms with van der Waals surface area (Å²) in [6.45, 7) is 1.59. The molecule has 0 aromatic heterocycles. The molecule has 0 radical (unpaired) electrons. The lowest BCUT2D eigenvalue weighted by Crippen LogP contribution is -2.40. The second-order valence-corrected chi connectivity index (χ2v) is 4.55. The largest absolute Gasteiger partial charge is 0.491 e. The van der Waals surface area contributed by atoms with Crippen molar-refractivity contribution in [1.82, 2.24) is 10.6 Å². The summed E-state index contributed by atoms with van der Waals surface area (Å²) < 4.78 is 5.43. The van der Waals surface area contributed by atoms with Crippen LogP contribution in [0.4, 0.5) is 0 Å². The van der Waals surface area contributed by atoms with Gasteiger partial charge in [0.2, 0.25) is 5.91 Å². The van der Waals surface area contributed by atoms with Crippen LogP contribution < -0.4 is 15.4 Å². The monoisotopic (exact) mass is 264 g/mol. The zero-order chi connectivity index (χ0) is 13.5. The Morgan fingerprint density at radius 3 is 3.05 bits per heavy atom. The Balaban J connectivity index is 1.89. The fraction of sp³-hybridized carbons (Fsp3) is 0.500. The standard InChI is InChI=1S/C14H20N2O3/c17-8-9-19-13-6-2-1-4-11(13)10-16-14(18)12-5-3-7-15-12/h1-2,4,6,12,15,17H,3,5,7-10H2,(H,16,18). The lowest BCUT2D eigenvalue weighted by Gasteiger charge is -2.14. The highest BCUT2D eigenvalue weighted by Crippen LogP contribution is 2.17. The molecule has 1 unspecified atom stereocenters. The molecule has 1 aromatic carbocycles. The lowest BCUT2D eigenvalue weighted by molar-refractivity contribution is -0.122. The van der Waals surface area contributed by atoms with E-state index in [0.29, 0.717) is 12.3 Å². The molecule has 2 rings (SSSR count). The maximum absolute atomic E-state index is 11.9. The molecule has 1 aliphatic heterocycles. The van der Waals surface area contributed by atoms with Crippen molar-refractivity contribution in [3.05, 3.63) is 29.8 Å². The van der Waals surface area contributed by atoms with E-state index < -0.39 is 0 Å².